The van der Waals surface area contributed by atoms with Gasteiger partial charge in [0.15, 0.2) is 22.3 Å². The lowest BCUT2D eigenvalue weighted by molar-refractivity contribution is -0.144. The molecule has 2 aromatic rings. The summed E-state index contributed by atoms with van der Waals surface area (Å²) in [7, 11) is 3.45. The third-order valence-corrected chi connectivity index (χ3v) is 6.43. The van der Waals surface area contributed by atoms with Crippen LogP contribution in [-0.4, -0.2) is 54.9 Å². The largest absolute Gasteiger partial charge is 0.490 e. The Morgan fingerprint density at radius 3 is 2.47 bits per heavy atom. The van der Waals surface area contributed by atoms with Crippen LogP contribution in [0.2, 0.25) is 0 Å². The quantitative estimate of drug-likeness (QED) is 0.494. The van der Waals surface area contributed by atoms with Gasteiger partial charge in [0.05, 0.1) is 24.8 Å². The summed E-state index contributed by atoms with van der Waals surface area (Å²) < 4.78 is 17.6. The van der Waals surface area contributed by atoms with E-state index in [4.69, 9.17) is 26.4 Å². The molecule has 1 saturated heterocycles. The molecule has 2 aliphatic rings. The highest BCUT2D eigenvalue weighted by Gasteiger charge is 2.60. The van der Waals surface area contributed by atoms with E-state index in [1.165, 1.54) is 0 Å². The number of nitrogens with zero attached hydrogens (tertiary/aromatic N) is 2. The maximum absolute atomic E-state index is 13.5. The number of fused-ring (bicyclic) bond motifs is 4. The van der Waals surface area contributed by atoms with E-state index in [0.29, 0.717) is 41.1 Å². The lowest BCUT2D eigenvalue weighted by Gasteiger charge is -2.56. The van der Waals surface area contributed by atoms with Gasteiger partial charge in [-0.25, -0.2) is 4.79 Å². The molecule has 34 heavy (non-hydrogen) atoms. The Morgan fingerprint density at radius 2 is 1.85 bits per heavy atom. The standard InChI is InChI=1S/C25H29N3O5S/c1-6-31-18-10-8-9-17-20-19(22(29)27(4)5)25(3,33-21(17)18)28(24(34)26-20)16-13-11-15(12-14-16)23(30)32-7-2/h8-14,19-20H,6-7H2,1-5H3,(H,26,34)/t19-,20+,25+/m1/s1. The van der Waals surface area contributed by atoms with E-state index in [1.807, 2.05) is 32.0 Å². The molecule has 0 spiro atoms. The Kier molecular flexibility index (Phi) is 6.40. The van der Waals surface area contributed by atoms with Crippen molar-refractivity contribution in [3.05, 3.63) is 53.6 Å². The van der Waals surface area contributed by atoms with Gasteiger partial charge in [-0.3, -0.25) is 9.69 Å². The van der Waals surface area contributed by atoms with Gasteiger partial charge in [-0.1, -0.05) is 12.1 Å². The summed E-state index contributed by atoms with van der Waals surface area (Å²) in [5, 5.41) is 3.80. The molecule has 2 aromatic carbocycles. The smallest absolute Gasteiger partial charge is 0.338 e. The molecule has 2 bridgehead atoms. The molecular weight excluding hydrogens is 454 g/mol. The Labute approximate surface area is 204 Å². The van der Waals surface area contributed by atoms with Gasteiger partial charge in [-0.15, -0.1) is 0 Å². The van der Waals surface area contributed by atoms with E-state index in [0.717, 1.165) is 5.56 Å². The van der Waals surface area contributed by atoms with Crippen molar-refractivity contribution in [2.45, 2.75) is 32.5 Å². The molecule has 8 nitrogen and oxygen atoms in total. The molecule has 3 atom stereocenters. The predicted octanol–water partition coefficient (Wildman–Crippen LogP) is 3.51. The number of hydrogen-bond donors (Lipinski definition) is 1. The van der Waals surface area contributed by atoms with Crippen molar-refractivity contribution < 1.29 is 23.8 Å². The van der Waals surface area contributed by atoms with Gasteiger partial charge < -0.3 is 24.4 Å². The van der Waals surface area contributed by atoms with Crippen molar-refractivity contribution in [3.63, 3.8) is 0 Å². The van der Waals surface area contributed by atoms with Crippen LogP contribution in [0.25, 0.3) is 0 Å². The number of benzene rings is 2. The normalized spacial score (nSPS) is 22.7. The second-order valence-corrected chi connectivity index (χ2v) is 8.89. The minimum Gasteiger partial charge on any atom is -0.490 e. The van der Waals surface area contributed by atoms with E-state index < -0.39 is 23.7 Å². The first-order chi connectivity index (χ1) is 16.2. The Bertz CT molecular complexity index is 1120. The first-order valence-corrected chi connectivity index (χ1v) is 11.7. The summed E-state index contributed by atoms with van der Waals surface area (Å²) in [6.07, 6.45) is 0. The van der Waals surface area contributed by atoms with E-state index in [9.17, 15) is 9.59 Å². The number of anilines is 1. The Hall–Kier alpha value is -3.33. The number of hydrogen-bond acceptors (Lipinski definition) is 6. The number of ether oxygens (including phenoxy) is 3. The van der Waals surface area contributed by atoms with Crippen LogP contribution >= 0.6 is 12.2 Å². The number of esters is 1. The van der Waals surface area contributed by atoms with E-state index in [1.54, 1.807) is 55.1 Å². The van der Waals surface area contributed by atoms with Crippen molar-refractivity contribution in [3.8, 4) is 11.5 Å². The van der Waals surface area contributed by atoms with E-state index >= 15 is 0 Å². The molecule has 1 N–H and O–H groups in total. The van der Waals surface area contributed by atoms with Gasteiger partial charge in [-0.05, 0) is 63.3 Å². The molecule has 1 fully saturated rings. The molecule has 2 aliphatic heterocycles. The average molecular weight is 484 g/mol. The number of carbonyl (C=O) groups excluding carboxylic acids is 2. The summed E-state index contributed by atoms with van der Waals surface area (Å²) in [5.41, 5.74) is 0.780. The number of amides is 1. The van der Waals surface area contributed by atoms with Crippen molar-refractivity contribution in [1.29, 1.82) is 0 Å². The minimum absolute atomic E-state index is 0.0943. The summed E-state index contributed by atoms with van der Waals surface area (Å²) in [6, 6.07) is 12.2. The second-order valence-electron chi connectivity index (χ2n) is 8.50. The maximum Gasteiger partial charge on any atom is 0.338 e. The molecule has 0 radical (unpaired) electrons. The van der Waals surface area contributed by atoms with Crippen LogP contribution in [0.4, 0.5) is 5.69 Å². The third kappa shape index (κ3) is 3.83. The fraction of sp³-hybridized carbons (Fsp3) is 0.400. The van der Waals surface area contributed by atoms with Crippen molar-refractivity contribution >= 4 is 34.9 Å². The molecule has 0 aliphatic carbocycles. The second kappa shape index (κ2) is 9.13. The summed E-state index contributed by atoms with van der Waals surface area (Å²) >= 11 is 5.77. The highest BCUT2D eigenvalue weighted by Crippen LogP contribution is 2.52. The van der Waals surface area contributed by atoms with Gasteiger partial charge in [0, 0.05) is 25.3 Å². The van der Waals surface area contributed by atoms with E-state index in [2.05, 4.69) is 5.32 Å². The molecule has 1 amide bonds. The lowest BCUT2D eigenvalue weighted by atomic mass is 9.78. The number of para-hydroxylation sites is 1. The molecule has 9 heteroatoms. The molecule has 0 aromatic heterocycles. The fourth-order valence-corrected chi connectivity index (χ4v) is 5.06. The van der Waals surface area contributed by atoms with Gasteiger partial charge in [0.25, 0.3) is 0 Å². The molecule has 4 rings (SSSR count). The van der Waals surface area contributed by atoms with Crippen LogP contribution in [0, 0.1) is 5.92 Å². The highest BCUT2D eigenvalue weighted by atomic mass is 32.1. The fourth-order valence-electron chi connectivity index (χ4n) is 4.64. The van der Waals surface area contributed by atoms with E-state index in [-0.39, 0.29) is 5.91 Å². The number of thiocarbonyl (C=S) groups is 1. The first kappa shape index (κ1) is 23.8. The van der Waals surface area contributed by atoms with Crippen LogP contribution < -0.4 is 19.7 Å². The van der Waals surface area contributed by atoms with Gasteiger partial charge in [0.1, 0.15) is 5.92 Å². The Balaban J connectivity index is 1.84. The number of carbonyl (C=O) groups is 2. The lowest BCUT2D eigenvalue weighted by Crippen LogP contribution is -2.72. The van der Waals surface area contributed by atoms with Gasteiger partial charge >= 0.3 is 5.97 Å². The molecule has 2 heterocycles. The summed E-state index contributed by atoms with van der Waals surface area (Å²) in [5.74, 6) is 0.0953. The average Bonchev–Trinajstić information content (AvgIpc) is 2.79. The van der Waals surface area contributed by atoms with Crippen molar-refractivity contribution in [2.24, 2.45) is 5.92 Å². The van der Waals surface area contributed by atoms with Crippen molar-refractivity contribution in [1.82, 2.24) is 10.2 Å². The topological polar surface area (TPSA) is 80.3 Å². The molecule has 0 unspecified atom stereocenters. The van der Waals surface area contributed by atoms with Crippen LogP contribution in [-0.2, 0) is 9.53 Å². The summed E-state index contributed by atoms with van der Waals surface area (Å²) in [4.78, 5) is 29.0. The Morgan fingerprint density at radius 1 is 1.15 bits per heavy atom. The molecule has 0 saturated carbocycles. The van der Waals surface area contributed by atoms with Crippen LogP contribution in [0.1, 0.15) is 42.7 Å². The minimum atomic E-state index is -1.15. The van der Waals surface area contributed by atoms with Crippen LogP contribution in [0.15, 0.2) is 42.5 Å². The first-order valence-electron chi connectivity index (χ1n) is 11.3. The molecule has 180 valence electrons. The van der Waals surface area contributed by atoms with Crippen molar-refractivity contribution in [2.75, 3.05) is 32.2 Å². The SMILES string of the molecule is CCOC(=O)c1ccc(N2C(=S)N[C@H]3c4cccc(OCC)c4O[C@@]2(C)[C@H]3C(=O)N(C)C)cc1. The van der Waals surface area contributed by atoms with Crippen LogP contribution in [0.3, 0.4) is 0 Å². The molecular formula is C25H29N3O5S. The predicted molar refractivity (Wildman–Crippen MR) is 132 cm³/mol. The highest BCUT2D eigenvalue weighted by molar-refractivity contribution is 7.80. The number of rotatable bonds is 6. The zero-order valence-corrected chi connectivity index (χ0v) is 20.8. The monoisotopic (exact) mass is 483 g/mol. The van der Waals surface area contributed by atoms with Crippen LogP contribution in [0.5, 0.6) is 11.5 Å². The summed E-state index contributed by atoms with van der Waals surface area (Å²) in [6.45, 7) is 6.31. The van der Waals surface area contributed by atoms with Gasteiger partial charge in [-0.2, -0.15) is 0 Å². The maximum atomic E-state index is 13.5. The zero-order chi connectivity index (χ0) is 24.6. The third-order valence-electron chi connectivity index (χ3n) is 6.13. The van der Waals surface area contributed by atoms with Gasteiger partial charge in [0.2, 0.25) is 5.91 Å². The zero-order valence-electron chi connectivity index (χ0n) is 20.0. The number of nitrogens with one attached hydrogen (secondary N) is 1.